The zero-order valence-corrected chi connectivity index (χ0v) is 28.0. The molecule has 5 rings (SSSR count). The lowest BCUT2D eigenvalue weighted by Gasteiger charge is -2.31. The summed E-state index contributed by atoms with van der Waals surface area (Å²) in [5, 5.41) is 41.0. The van der Waals surface area contributed by atoms with Gasteiger partial charge in [0, 0.05) is 42.3 Å². The van der Waals surface area contributed by atoms with Gasteiger partial charge in [-0.3, -0.25) is 4.90 Å². The van der Waals surface area contributed by atoms with E-state index >= 15 is 0 Å². The van der Waals surface area contributed by atoms with Crippen LogP contribution in [0.2, 0.25) is 5.15 Å². The second-order valence-corrected chi connectivity index (χ2v) is 12.3. The Bertz CT molecular complexity index is 1550. The van der Waals surface area contributed by atoms with Crippen molar-refractivity contribution in [3.05, 3.63) is 64.7 Å². The summed E-state index contributed by atoms with van der Waals surface area (Å²) in [6.07, 6.45) is 9.24. The van der Waals surface area contributed by atoms with Gasteiger partial charge in [0.1, 0.15) is 5.75 Å². The third-order valence-corrected chi connectivity index (χ3v) is 7.74. The predicted octanol–water partition coefficient (Wildman–Crippen LogP) is 4.59. The van der Waals surface area contributed by atoms with E-state index in [0.717, 1.165) is 85.3 Å². The lowest BCUT2D eigenvalue weighted by Crippen LogP contribution is -2.33. The number of halogens is 1. The highest BCUT2D eigenvalue weighted by Gasteiger charge is 2.25. The van der Waals surface area contributed by atoms with Crippen molar-refractivity contribution in [1.82, 2.24) is 20.1 Å². The van der Waals surface area contributed by atoms with E-state index < -0.39 is 23.9 Å². The first-order chi connectivity index (χ1) is 23.3. The summed E-state index contributed by atoms with van der Waals surface area (Å²) >= 11 is 5.86. The topological polar surface area (TPSA) is 217 Å². The summed E-state index contributed by atoms with van der Waals surface area (Å²) in [6, 6.07) is 6.04. The van der Waals surface area contributed by atoms with Crippen molar-refractivity contribution in [2.75, 3.05) is 33.8 Å². The Hall–Kier alpha value is -4.73. The average molecular weight is 705 g/mol. The summed E-state index contributed by atoms with van der Waals surface area (Å²) in [6.45, 7) is 4.49. The van der Waals surface area contributed by atoms with E-state index in [-0.39, 0.29) is 0 Å². The van der Waals surface area contributed by atoms with Gasteiger partial charge >= 0.3 is 23.9 Å². The van der Waals surface area contributed by atoms with Crippen molar-refractivity contribution in [3.8, 4) is 5.75 Å². The molecule has 0 spiro atoms. The molecule has 3 aromatic rings. The van der Waals surface area contributed by atoms with E-state index in [4.69, 9.17) is 45.8 Å². The van der Waals surface area contributed by atoms with Crippen molar-refractivity contribution < 1.29 is 53.4 Å². The minimum atomic E-state index is -1.26. The Kier molecular flexibility index (Phi) is 15.3. The summed E-state index contributed by atoms with van der Waals surface area (Å²) in [5.74, 6) is -1.83. The van der Waals surface area contributed by atoms with E-state index in [1.807, 2.05) is 0 Å². The molecular weight excluding hydrogens is 664 g/mol. The number of aryl methyl sites for hydroxylation is 1. The summed E-state index contributed by atoms with van der Waals surface area (Å²) in [5.41, 5.74) is 3.06. The van der Waals surface area contributed by atoms with Gasteiger partial charge in [0.2, 0.25) is 0 Å². The minimum Gasteiger partial charge on any atom is -0.493 e. The largest absolute Gasteiger partial charge is 0.493 e. The van der Waals surface area contributed by atoms with Gasteiger partial charge in [0.05, 0.1) is 24.4 Å². The van der Waals surface area contributed by atoms with Crippen LogP contribution in [0.15, 0.2) is 51.5 Å². The molecular formula is C33H41ClN4O11. The van der Waals surface area contributed by atoms with E-state index in [0.29, 0.717) is 35.4 Å². The average Bonchev–Trinajstić information content (AvgIpc) is 3.64. The zero-order chi connectivity index (χ0) is 35.9. The van der Waals surface area contributed by atoms with Crippen LogP contribution in [0.1, 0.15) is 49.1 Å². The van der Waals surface area contributed by atoms with E-state index in [1.165, 1.54) is 25.7 Å². The molecule has 15 nitrogen and oxygen atoms in total. The normalized spacial score (nSPS) is 15.2. The fraction of sp³-hybridized carbons (Fsp3) is 0.455. The molecule has 1 aliphatic heterocycles. The first-order valence-electron chi connectivity index (χ1n) is 15.6. The molecule has 16 heteroatoms. The van der Waals surface area contributed by atoms with Gasteiger partial charge < -0.3 is 39.1 Å². The van der Waals surface area contributed by atoms with E-state index in [9.17, 15) is 19.2 Å². The molecule has 2 aromatic heterocycles. The van der Waals surface area contributed by atoms with Gasteiger partial charge in [-0.2, -0.15) is 0 Å². The van der Waals surface area contributed by atoms with Gasteiger partial charge in [-0.25, -0.2) is 19.2 Å². The van der Waals surface area contributed by atoms with Crippen LogP contribution in [-0.4, -0.2) is 98.2 Å². The molecule has 1 saturated carbocycles. The van der Waals surface area contributed by atoms with Crippen LogP contribution in [0.25, 0.3) is 11.0 Å². The number of piperidine rings is 1. The first-order valence-corrected chi connectivity index (χ1v) is 16.0. The molecule has 2 fully saturated rings. The lowest BCUT2D eigenvalue weighted by molar-refractivity contribution is -0.134. The molecule has 0 radical (unpaired) electrons. The number of nitrogens with zero attached hydrogens (tertiary/aromatic N) is 4. The number of benzene rings is 1. The third kappa shape index (κ3) is 14.5. The minimum absolute atomic E-state index is 0.426. The van der Waals surface area contributed by atoms with Crippen molar-refractivity contribution >= 4 is 46.4 Å². The maximum atomic E-state index is 9.55. The number of rotatable bonds is 14. The molecule has 0 unspecified atom stereocenters. The maximum absolute atomic E-state index is 9.55. The number of hydrogen-bond donors (Lipinski definition) is 4. The van der Waals surface area contributed by atoms with Gasteiger partial charge in [-0.05, 0) is 89.7 Å². The van der Waals surface area contributed by atoms with Crippen molar-refractivity contribution in [2.24, 2.45) is 11.8 Å². The summed E-state index contributed by atoms with van der Waals surface area (Å²) in [4.78, 5) is 42.8. The smallest absolute Gasteiger partial charge is 0.328 e. The highest BCUT2D eigenvalue weighted by Crippen LogP contribution is 2.35. The number of carboxylic acid groups (broad SMARTS) is 4. The molecule has 266 valence electrons. The Balaban J connectivity index is 0.000000338. The number of ether oxygens (including phenoxy) is 1. The Labute approximate surface area is 287 Å². The molecule has 2 aliphatic rings. The van der Waals surface area contributed by atoms with Crippen LogP contribution >= 0.6 is 11.6 Å². The Morgan fingerprint density at radius 2 is 1.49 bits per heavy atom. The standard InChI is InChI=1S/C25H33ClN4O3.2C4H4O4/c1-29(2)15-21-23(31-16-18-3-4-18)8-6-20-22(27-33-25(20)21)7-5-17-9-11-30(12-10-17)14-19-13-24(26)28-32-19;2*5-3(6)1-2-4(7)8/h6,8,13,17-18H,3-5,7,9-12,14-16H2,1-2H3;2*1-2H,(H,5,6)(H,7,8). The summed E-state index contributed by atoms with van der Waals surface area (Å²) < 4.78 is 17.3. The van der Waals surface area contributed by atoms with Crippen LogP contribution < -0.4 is 4.74 Å². The molecule has 0 bridgehead atoms. The molecule has 4 N–H and O–H groups in total. The molecule has 0 amide bonds. The number of aromatic nitrogens is 2. The van der Waals surface area contributed by atoms with Crippen LogP contribution in [-0.2, 0) is 38.7 Å². The van der Waals surface area contributed by atoms with E-state index in [1.54, 1.807) is 6.07 Å². The Morgan fingerprint density at radius 1 is 0.898 bits per heavy atom. The zero-order valence-electron chi connectivity index (χ0n) is 27.3. The van der Waals surface area contributed by atoms with Gasteiger partial charge in [-0.1, -0.05) is 21.9 Å². The predicted molar refractivity (Wildman–Crippen MR) is 176 cm³/mol. The van der Waals surface area contributed by atoms with Gasteiger partial charge in [-0.15, -0.1) is 0 Å². The number of likely N-dealkylation sites (tertiary alicyclic amines) is 1. The number of fused-ring (bicyclic) bond motifs is 1. The second-order valence-electron chi connectivity index (χ2n) is 11.9. The van der Waals surface area contributed by atoms with Gasteiger partial charge in [0.15, 0.2) is 16.5 Å². The van der Waals surface area contributed by atoms with Crippen LogP contribution in [0.5, 0.6) is 5.75 Å². The lowest BCUT2D eigenvalue weighted by atomic mass is 9.91. The highest BCUT2D eigenvalue weighted by molar-refractivity contribution is 6.29. The van der Waals surface area contributed by atoms with Gasteiger partial charge in [0.25, 0.3) is 0 Å². The monoisotopic (exact) mass is 704 g/mol. The molecule has 1 aliphatic carbocycles. The SMILES string of the molecule is CN(C)Cc1c(OCC2CC2)ccc2c(CCC3CCN(Cc4cc(Cl)no4)CC3)noc12.O=C(O)C=CC(=O)O.O=C(O)C=CC(=O)O. The number of hydrogen-bond acceptors (Lipinski definition) is 11. The van der Waals surface area contributed by atoms with Crippen molar-refractivity contribution in [1.29, 1.82) is 0 Å². The van der Waals surface area contributed by atoms with Crippen molar-refractivity contribution in [3.63, 3.8) is 0 Å². The fourth-order valence-electron chi connectivity index (χ4n) is 5.01. The van der Waals surface area contributed by atoms with Crippen molar-refractivity contribution in [2.45, 2.75) is 51.6 Å². The Morgan fingerprint density at radius 3 is 1.98 bits per heavy atom. The molecule has 3 heterocycles. The molecule has 1 saturated heterocycles. The number of aliphatic carboxylic acids is 4. The third-order valence-electron chi connectivity index (χ3n) is 7.56. The number of carboxylic acids is 4. The maximum Gasteiger partial charge on any atom is 0.328 e. The fourth-order valence-corrected chi connectivity index (χ4v) is 5.16. The number of carbonyl (C=O) groups is 4. The van der Waals surface area contributed by atoms with Crippen LogP contribution in [0, 0.1) is 11.8 Å². The molecule has 1 aromatic carbocycles. The van der Waals surface area contributed by atoms with E-state index in [2.05, 4.69) is 46.3 Å². The molecule has 0 atom stereocenters. The van der Waals surface area contributed by atoms with Crippen LogP contribution in [0.3, 0.4) is 0 Å². The summed E-state index contributed by atoms with van der Waals surface area (Å²) in [7, 11) is 4.15. The van der Waals surface area contributed by atoms with Crippen LogP contribution in [0.4, 0.5) is 0 Å². The highest BCUT2D eigenvalue weighted by atomic mass is 35.5. The quantitative estimate of drug-likeness (QED) is 0.169. The first kappa shape index (κ1) is 38.7. The molecule has 49 heavy (non-hydrogen) atoms. The second kappa shape index (κ2) is 19.3.